The topological polar surface area (TPSA) is 75.7 Å². The van der Waals surface area contributed by atoms with Gasteiger partial charge in [0.05, 0.1) is 14.2 Å². The van der Waals surface area contributed by atoms with Crippen molar-refractivity contribution in [2.45, 2.75) is 6.92 Å². The van der Waals surface area contributed by atoms with Crippen LogP contribution in [-0.4, -0.2) is 16.2 Å². The molecule has 2 rings (SSSR count). The first-order valence-corrected chi connectivity index (χ1v) is 6.83. The van der Waals surface area contributed by atoms with Gasteiger partial charge in [-0.25, -0.2) is 0 Å². The van der Waals surface area contributed by atoms with Gasteiger partial charge in [0, 0.05) is 17.8 Å². The van der Waals surface area contributed by atoms with Crippen LogP contribution in [0, 0.1) is 20.6 Å². The van der Waals surface area contributed by atoms with Crippen molar-refractivity contribution in [3.05, 3.63) is 61.2 Å². The lowest BCUT2D eigenvalue weighted by Gasteiger charge is -2.00. The number of phenols is 1. The largest absolute Gasteiger partial charge is 0.507 e. The van der Waals surface area contributed by atoms with Gasteiger partial charge in [-0.3, -0.25) is 15.1 Å². The molecule has 1 N–H and O–H groups in total. The van der Waals surface area contributed by atoms with E-state index in [0.29, 0.717) is 11.3 Å². The van der Waals surface area contributed by atoms with Crippen LogP contribution in [0.5, 0.6) is 5.75 Å². The van der Waals surface area contributed by atoms with E-state index in [2.05, 4.69) is 4.99 Å². The second kappa shape index (κ2) is 6.00. The van der Waals surface area contributed by atoms with Gasteiger partial charge in [0.1, 0.15) is 5.75 Å². The van der Waals surface area contributed by atoms with Crippen molar-refractivity contribution in [2.24, 2.45) is 4.99 Å². The molecule has 6 heteroatoms. The zero-order chi connectivity index (χ0) is 14.7. The molecule has 102 valence electrons. The van der Waals surface area contributed by atoms with Crippen molar-refractivity contribution >= 4 is 40.2 Å². The minimum Gasteiger partial charge on any atom is -0.507 e. The summed E-state index contributed by atoms with van der Waals surface area (Å²) in [6.07, 6.45) is 1.61. The molecule has 2 aromatic carbocycles. The predicted octanol–water partition coefficient (Wildman–Crippen LogP) is 3.96. The lowest BCUT2D eigenvalue weighted by Crippen LogP contribution is -1.90. The Bertz CT molecular complexity index is 699. The van der Waals surface area contributed by atoms with E-state index < -0.39 is 4.92 Å². The lowest BCUT2D eigenvalue weighted by molar-refractivity contribution is -0.385. The SMILES string of the molecule is Cc1ccc(N=Cc2ccc(O)c(I)c2)cc1[N+](=O)[O-]. The van der Waals surface area contributed by atoms with Crippen LogP contribution in [0.3, 0.4) is 0 Å². The van der Waals surface area contributed by atoms with Gasteiger partial charge in [-0.15, -0.1) is 0 Å². The van der Waals surface area contributed by atoms with E-state index in [-0.39, 0.29) is 11.4 Å². The van der Waals surface area contributed by atoms with Gasteiger partial charge in [-0.2, -0.15) is 0 Å². The summed E-state index contributed by atoms with van der Waals surface area (Å²) >= 11 is 2.02. The van der Waals surface area contributed by atoms with Gasteiger partial charge >= 0.3 is 0 Å². The molecule has 0 aliphatic carbocycles. The Morgan fingerprint density at radius 1 is 1.30 bits per heavy atom. The zero-order valence-corrected chi connectivity index (χ0v) is 12.7. The molecule has 0 radical (unpaired) electrons. The first kappa shape index (κ1) is 14.4. The number of aromatic hydroxyl groups is 1. The maximum absolute atomic E-state index is 10.9. The number of halogens is 1. The molecule has 0 unspecified atom stereocenters. The van der Waals surface area contributed by atoms with E-state index in [9.17, 15) is 15.2 Å². The smallest absolute Gasteiger partial charge is 0.274 e. The molecule has 0 aromatic heterocycles. The minimum absolute atomic E-state index is 0.0555. The van der Waals surface area contributed by atoms with E-state index in [0.717, 1.165) is 9.13 Å². The Morgan fingerprint density at radius 2 is 2.05 bits per heavy atom. The maximum atomic E-state index is 10.9. The molecule has 5 nitrogen and oxygen atoms in total. The number of aliphatic imine (C=N–C) groups is 1. The quantitative estimate of drug-likeness (QED) is 0.378. The van der Waals surface area contributed by atoms with Crippen molar-refractivity contribution in [1.82, 2.24) is 0 Å². The van der Waals surface area contributed by atoms with Crippen LogP contribution < -0.4 is 0 Å². The lowest BCUT2D eigenvalue weighted by atomic mass is 10.2. The molecule has 0 atom stereocenters. The third-order valence-corrected chi connectivity index (χ3v) is 3.59. The molecule has 0 saturated heterocycles. The molecular formula is C14H11IN2O3. The molecule has 0 aliphatic heterocycles. The van der Waals surface area contributed by atoms with E-state index in [1.165, 1.54) is 6.07 Å². The third kappa shape index (κ3) is 3.32. The zero-order valence-electron chi connectivity index (χ0n) is 10.6. The number of benzene rings is 2. The number of aryl methyl sites for hydroxylation is 1. The minimum atomic E-state index is -0.419. The highest BCUT2D eigenvalue weighted by Gasteiger charge is 2.10. The van der Waals surface area contributed by atoms with Crippen LogP contribution in [0.2, 0.25) is 0 Å². The van der Waals surface area contributed by atoms with Crippen LogP contribution >= 0.6 is 22.6 Å². The molecule has 0 fully saturated rings. The summed E-state index contributed by atoms with van der Waals surface area (Å²) in [5.41, 5.74) is 1.99. The summed E-state index contributed by atoms with van der Waals surface area (Å²) in [5.74, 6) is 0.216. The van der Waals surface area contributed by atoms with E-state index in [1.807, 2.05) is 22.6 Å². The van der Waals surface area contributed by atoms with Gasteiger partial charge in [0.25, 0.3) is 5.69 Å². The number of nitro groups is 1. The fourth-order valence-electron chi connectivity index (χ4n) is 1.63. The van der Waals surface area contributed by atoms with Crippen LogP contribution in [0.1, 0.15) is 11.1 Å². The predicted molar refractivity (Wildman–Crippen MR) is 85.9 cm³/mol. The second-order valence-electron chi connectivity index (χ2n) is 4.20. The van der Waals surface area contributed by atoms with Crippen molar-refractivity contribution < 1.29 is 10.0 Å². The third-order valence-electron chi connectivity index (χ3n) is 2.72. The van der Waals surface area contributed by atoms with Crippen molar-refractivity contribution in [3.63, 3.8) is 0 Å². The summed E-state index contributed by atoms with van der Waals surface area (Å²) in [7, 11) is 0. The average Bonchev–Trinajstić information content (AvgIpc) is 2.41. The molecule has 0 spiro atoms. The first-order valence-electron chi connectivity index (χ1n) is 5.75. The highest BCUT2D eigenvalue weighted by molar-refractivity contribution is 14.1. The number of hydrogen-bond acceptors (Lipinski definition) is 4. The van der Waals surface area contributed by atoms with Gasteiger partial charge in [0.2, 0.25) is 0 Å². The number of hydrogen-bond donors (Lipinski definition) is 1. The maximum Gasteiger partial charge on any atom is 0.274 e. The highest BCUT2D eigenvalue weighted by atomic mass is 127. The summed E-state index contributed by atoms with van der Waals surface area (Å²) in [6.45, 7) is 1.69. The molecule has 2 aromatic rings. The molecular weight excluding hydrogens is 371 g/mol. The number of phenolic OH excluding ortho intramolecular Hbond substituents is 1. The van der Waals surface area contributed by atoms with Gasteiger partial charge in [0.15, 0.2) is 0 Å². The normalized spacial score (nSPS) is 10.9. The molecule has 0 amide bonds. The van der Waals surface area contributed by atoms with Crippen LogP contribution in [0.15, 0.2) is 41.4 Å². The van der Waals surface area contributed by atoms with Gasteiger partial charge in [-0.05, 0) is 59.3 Å². The standard InChI is InChI=1S/C14H11IN2O3/c1-9-2-4-11(7-13(9)17(19)20)16-8-10-3-5-14(18)12(15)6-10/h2-8,18H,1H3. The molecule has 0 bridgehead atoms. The Hall–Kier alpha value is -1.96. The van der Waals surface area contributed by atoms with E-state index >= 15 is 0 Å². The van der Waals surface area contributed by atoms with Gasteiger partial charge < -0.3 is 5.11 Å². The molecule has 20 heavy (non-hydrogen) atoms. The Kier molecular flexibility index (Phi) is 4.33. The monoisotopic (exact) mass is 382 g/mol. The van der Waals surface area contributed by atoms with E-state index in [1.54, 1.807) is 43.5 Å². The van der Waals surface area contributed by atoms with E-state index in [4.69, 9.17) is 0 Å². The molecule has 0 aliphatic rings. The highest BCUT2D eigenvalue weighted by Crippen LogP contribution is 2.24. The van der Waals surface area contributed by atoms with Crippen molar-refractivity contribution in [3.8, 4) is 5.75 Å². The average molecular weight is 382 g/mol. The van der Waals surface area contributed by atoms with Crippen LogP contribution in [0.25, 0.3) is 0 Å². The fourth-order valence-corrected chi connectivity index (χ4v) is 2.17. The molecule has 0 saturated carbocycles. The van der Waals surface area contributed by atoms with Gasteiger partial charge in [-0.1, -0.05) is 6.07 Å². The summed E-state index contributed by atoms with van der Waals surface area (Å²) in [4.78, 5) is 14.7. The van der Waals surface area contributed by atoms with Crippen LogP contribution in [0.4, 0.5) is 11.4 Å². The summed E-state index contributed by atoms with van der Waals surface area (Å²) in [6, 6.07) is 9.93. The first-order chi connectivity index (χ1) is 9.47. The summed E-state index contributed by atoms with van der Waals surface area (Å²) in [5, 5.41) is 20.3. The Morgan fingerprint density at radius 3 is 2.70 bits per heavy atom. The van der Waals surface area contributed by atoms with Crippen molar-refractivity contribution in [2.75, 3.05) is 0 Å². The van der Waals surface area contributed by atoms with Crippen LogP contribution in [-0.2, 0) is 0 Å². The number of rotatable bonds is 3. The summed E-state index contributed by atoms with van der Waals surface area (Å²) < 4.78 is 0.724. The Labute approximate surface area is 129 Å². The molecule has 0 heterocycles. The number of nitro benzene ring substituents is 1. The number of nitrogens with zero attached hydrogens (tertiary/aromatic N) is 2. The fraction of sp³-hybridized carbons (Fsp3) is 0.0714. The Balaban J connectivity index is 2.29. The second-order valence-corrected chi connectivity index (χ2v) is 5.36. The van der Waals surface area contributed by atoms with Crippen molar-refractivity contribution in [1.29, 1.82) is 0 Å².